The number of rotatable bonds is 7. The molecule has 0 unspecified atom stereocenters. The van der Waals surface area contributed by atoms with Gasteiger partial charge in [-0.05, 0) is 36.2 Å². The van der Waals surface area contributed by atoms with Gasteiger partial charge in [-0.3, -0.25) is 4.79 Å². The second-order valence-corrected chi connectivity index (χ2v) is 6.76. The van der Waals surface area contributed by atoms with Crippen LogP contribution in [0.1, 0.15) is 11.1 Å². The van der Waals surface area contributed by atoms with Gasteiger partial charge in [0, 0.05) is 6.54 Å². The van der Waals surface area contributed by atoms with Gasteiger partial charge in [-0.2, -0.15) is 0 Å². The zero-order chi connectivity index (χ0) is 16.9. The molecule has 0 heterocycles. The van der Waals surface area contributed by atoms with E-state index >= 15 is 0 Å². The highest BCUT2D eigenvalue weighted by Crippen LogP contribution is 2.21. The molecule has 0 radical (unpaired) electrons. The van der Waals surface area contributed by atoms with Crippen LogP contribution in [0, 0.1) is 6.92 Å². The minimum atomic E-state index is -3.63. The van der Waals surface area contributed by atoms with E-state index in [-0.39, 0.29) is 18.0 Å². The van der Waals surface area contributed by atoms with Gasteiger partial charge in [-0.15, -0.1) is 0 Å². The Balaban J connectivity index is 2.10. The van der Waals surface area contributed by atoms with Gasteiger partial charge >= 0.3 is 0 Å². The molecule has 0 bridgehead atoms. The van der Waals surface area contributed by atoms with Gasteiger partial charge in [-0.25, -0.2) is 13.1 Å². The molecular weight excluding hydrogens is 316 g/mol. The maximum Gasteiger partial charge on any atom is 0.255 e. The van der Waals surface area contributed by atoms with Gasteiger partial charge in [0.15, 0.2) is 6.61 Å². The first kappa shape index (κ1) is 17.0. The molecule has 0 saturated carbocycles. The van der Waals surface area contributed by atoms with Crippen LogP contribution in [0.15, 0.2) is 53.4 Å². The summed E-state index contributed by atoms with van der Waals surface area (Å²) in [6.45, 7) is 1.66. The summed E-state index contributed by atoms with van der Waals surface area (Å²) in [5, 5.41) is 0. The van der Waals surface area contributed by atoms with Crippen LogP contribution in [-0.4, -0.2) is 20.9 Å². The van der Waals surface area contributed by atoms with Crippen LogP contribution in [0.2, 0.25) is 0 Å². The topological polar surface area (TPSA) is 98.5 Å². The van der Waals surface area contributed by atoms with Gasteiger partial charge in [0.05, 0.1) is 4.90 Å². The second kappa shape index (κ2) is 7.26. The lowest BCUT2D eigenvalue weighted by Gasteiger charge is -2.11. The summed E-state index contributed by atoms with van der Waals surface area (Å²) in [6, 6.07) is 13.7. The molecule has 0 saturated heterocycles. The predicted molar refractivity (Wildman–Crippen MR) is 86.3 cm³/mol. The quantitative estimate of drug-likeness (QED) is 0.798. The fraction of sp³-hybridized carbons (Fsp3) is 0.188. The molecule has 6 nitrogen and oxygen atoms in total. The molecule has 3 N–H and O–H groups in total. The highest BCUT2D eigenvalue weighted by molar-refractivity contribution is 7.89. The Morgan fingerprint density at radius 3 is 2.48 bits per heavy atom. The smallest absolute Gasteiger partial charge is 0.255 e. The van der Waals surface area contributed by atoms with Crippen molar-refractivity contribution < 1.29 is 17.9 Å². The van der Waals surface area contributed by atoms with Crippen molar-refractivity contribution in [3.63, 3.8) is 0 Å². The Kier molecular flexibility index (Phi) is 5.36. The van der Waals surface area contributed by atoms with E-state index in [1.165, 1.54) is 18.2 Å². The van der Waals surface area contributed by atoms with Crippen molar-refractivity contribution >= 4 is 15.9 Å². The monoisotopic (exact) mass is 334 g/mol. The van der Waals surface area contributed by atoms with E-state index in [9.17, 15) is 13.2 Å². The molecule has 0 aliphatic heterocycles. The number of benzene rings is 2. The average molecular weight is 334 g/mol. The number of carbonyl (C=O) groups excluding carboxylic acids is 1. The molecule has 0 aliphatic rings. The molecule has 0 fully saturated rings. The van der Waals surface area contributed by atoms with Crippen LogP contribution in [0.3, 0.4) is 0 Å². The fourth-order valence-corrected chi connectivity index (χ4v) is 3.06. The van der Waals surface area contributed by atoms with Crippen molar-refractivity contribution in [1.29, 1.82) is 0 Å². The van der Waals surface area contributed by atoms with Crippen LogP contribution in [0.4, 0.5) is 0 Å². The van der Waals surface area contributed by atoms with E-state index < -0.39 is 15.9 Å². The summed E-state index contributed by atoms with van der Waals surface area (Å²) in [4.78, 5) is 10.9. The zero-order valence-electron chi connectivity index (χ0n) is 12.7. The predicted octanol–water partition coefficient (Wildman–Crippen LogP) is 1.34. The van der Waals surface area contributed by atoms with Crippen LogP contribution < -0.4 is 15.2 Å². The van der Waals surface area contributed by atoms with Crippen LogP contribution in [0.5, 0.6) is 5.75 Å². The van der Waals surface area contributed by atoms with Crippen LogP contribution in [0.25, 0.3) is 0 Å². The number of ether oxygens (including phenoxy) is 1. The Morgan fingerprint density at radius 1 is 1.17 bits per heavy atom. The summed E-state index contributed by atoms with van der Waals surface area (Å²) in [5.41, 5.74) is 6.49. The SMILES string of the molecule is Cc1cc(S(=O)(=O)NCc2ccccc2)ccc1OCC(N)=O. The number of sulfonamides is 1. The van der Waals surface area contributed by atoms with Gasteiger partial charge in [0.25, 0.3) is 5.91 Å². The lowest BCUT2D eigenvalue weighted by Crippen LogP contribution is -2.23. The molecule has 2 rings (SSSR count). The highest BCUT2D eigenvalue weighted by atomic mass is 32.2. The molecular formula is C16H18N2O4S. The fourth-order valence-electron chi connectivity index (χ4n) is 1.96. The Hall–Kier alpha value is -2.38. The molecule has 0 aliphatic carbocycles. The second-order valence-electron chi connectivity index (χ2n) is 4.99. The lowest BCUT2D eigenvalue weighted by molar-refractivity contribution is -0.119. The first-order chi connectivity index (χ1) is 10.9. The van der Waals surface area contributed by atoms with Gasteiger partial charge < -0.3 is 10.5 Å². The number of carbonyl (C=O) groups is 1. The number of nitrogens with one attached hydrogen (secondary N) is 1. The van der Waals surface area contributed by atoms with E-state index in [0.29, 0.717) is 11.3 Å². The van der Waals surface area contributed by atoms with Crippen molar-refractivity contribution in [1.82, 2.24) is 4.72 Å². The third kappa shape index (κ3) is 4.80. The maximum atomic E-state index is 12.3. The Bertz CT molecular complexity index is 789. The highest BCUT2D eigenvalue weighted by Gasteiger charge is 2.15. The number of amides is 1. The molecule has 122 valence electrons. The van der Waals surface area contributed by atoms with Gasteiger partial charge in [0.2, 0.25) is 10.0 Å². The number of primary amides is 1. The Morgan fingerprint density at radius 2 is 1.87 bits per heavy atom. The molecule has 1 amide bonds. The number of hydrogen-bond donors (Lipinski definition) is 2. The third-order valence-electron chi connectivity index (χ3n) is 3.14. The summed E-state index contributed by atoms with van der Waals surface area (Å²) in [7, 11) is -3.63. The van der Waals surface area contributed by atoms with E-state index in [1.807, 2.05) is 30.3 Å². The van der Waals surface area contributed by atoms with Crippen molar-refractivity contribution in [2.45, 2.75) is 18.4 Å². The lowest BCUT2D eigenvalue weighted by atomic mass is 10.2. The van der Waals surface area contributed by atoms with Gasteiger partial charge in [0.1, 0.15) is 5.75 Å². The van der Waals surface area contributed by atoms with Gasteiger partial charge in [-0.1, -0.05) is 30.3 Å². The van der Waals surface area contributed by atoms with E-state index in [2.05, 4.69) is 4.72 Å². The first-order valence-corrected chi connectivity index (χ1v) is 8.42. The normalized spacial score (nSPS) is 11.2. The molecule has 7 heteroatoms. The number of hydrogen-bond acceptors (Lipinski definition) is 4. The van der Waals surface area contributed by atoms with Crippen LogP contribution >= 0.6 is 0 Å². The third-order valence-corrected chi connectivity index (χ3v) is 4.53. The number of nitrogens with two attached hydrogens (primary N) is 1. The summed E-state index contributed by atoms with van der Waals surface area (Å²) < 4.78 is 32.4. The summed E-state index contributed by atoms with van der Waals surface area (Å²) >= 11 is 0. The minimum Gasteiger partial charge on any atom is -0.484 e. The summed E-state index contributed by atoms with van der Waals surface area (Å²) in [5.74, 6) is -0.170. The molecule has 23 heavy (non-hydrogen) atoms. The van der Waals surface area contributed by atoms with E-state index in [4.69, 9.17) is 10.5 Å². The number of aryl methyl sites for hydroxylation is 1. The molecule has 0 atom stereocenters. The van der Waals surface area contributed by atoms with Crippen molar-refractivity contribution in [3.05, 3.63) is 59.7 Å². The van der Waals surface area contributed by atoms with Crippen LogP contribution in [-0.2, 0) is 21.4 Å². The molecule has 0 spiro atoms. The van der Waals surface area contributed by atoms with Crippen molar-refractivity contribution in [2.75, 3.05) is 6.61 Å². The Labute approximate surface area is 135 Å². The summed E-state index contributed by atoms with van der Waals surface area (Å²) in [6.07, 6.45) is 0. The van der Waals surface area contributed by atoms with Crippen molar-refractivity contribution in [3.8, 4) is 5.75 Å². The zero-order valence-corrected chi connectivity index (χ0v) is 13.5. The van der Waals surface area contributed by atoms with Crippen molar-refractivity contribution in [2.24, 2.45) is 5.73 Å². The molecule has 0 aromatic heterocycles. The largest absolute Gasteiger partial charge is 0.484 e. The minimum absolute atomic E-state index is 0.136. The van der Waals surface area contributed by atoms with E-state index in [0.717, 1.165) is 5.56 Å². The maximum absolute atomic E-state index is 12.3. The standard InChI is InChI=1S/C16H18N2O4S/c1-12-9-14(7-8-15(12)22-11-16(17)19)23(20,21)18-10-13-5-3-2-4-6-13/h2-9,18H,10-11H2,1H3,(H2,17,19). The molecule has 2 aromatic carbocycles. The van der Waals surface area contributed by atoms with E-state index in [1.54, 1.807) is 6.92 Å². The molecule has 2 aromatic rings. The first-order valence-electron chi connectivity index (χ1n) is 6.94. The average Bonchev–Trinajstić information content (AvgIpc) is 2.52.